The average molecular weight is 871 g/mol. The number of carbonyl (C=O) groups excluding carboxylic acids is 2. The van der Waals surface area contributed by atoms with E-state index >= 15 is 0 Å². The molecule has 0 saturated heterocycles. The van der Waals surface area contributed by atoms with Gasteiger partial charge in [-0.05, 0) is 37.1 Å². The van der Waals surface area contributed by atoms with Gasteiger partial charge in [0, 0.05) is 60.0 Å². The lowest BCUT2D eigenvalue weighted by atomic mass is 10.1. The highest BCUT2D eigenvalue weighted by Crippen LogP contribution is 2.66. The Bertz CT molecular complexity index is 2020. The Morgan fingerprint density at radius 3 is 1.25 bits per heavy atom. The Balaban J connectivity index is 0.00000130. The predicted molar refractivity (Wildman–Crippen MR) is 221 cm³/mol. The lowest BCUT2D eigenvalue weighted by Gasteiger charge is -2.33. The summed E-state index contributed by atoms with van der Waals surface area (Å²) in [6.07, 6.45) is -3.54. The first-order valence-corrected chi connectivity index (χ1v) is 20.0. The zero-order valence-electron chi connectivity index (χ0n) is 35.0. The van der Waals surface area contributed by atoms with Crippen LogP contribution in [0.4, 0.5) is 13.2 Å². The van der Waals surface area contributed by atoms with Crippen LogP contribution in [0.25, 0.3) is 0 Å². The molecule has 4 aromatic rings. The minimum Gasteiger partial charge on any atom is -0.542 e. The fourth-order valence-corrected chi connectivity index (χ4v) is 11.6. The normalized spacial score (nSPS) is 10.6. The molecule has 0 aliphatic heterocycles. The van der Waals surface area contributed by atoms with Crippen LogP contribution in [0.3, 0.4) is 0 Å². The van der Waals surface area contributed by atoms with Crippen molar-refractivity contribution >= 4 is 35.1 Å². The van der Waals surface area contributed by atoms with Gasteiger partial charge in [-0.25, -0.2) is 0 Å². The third-order valence-corrected chi connectivity index (χ3v) is 13.7. The SMILES string of the molecule is COc1cc(OC)c([P+](CCCCNC(=O)c2ccc(C#CC#N)cc2)(c2c(OC)cc(OC)cc2OC)c2c(OC)cc(OC)cc2OC)c(OC)c1.O=C([O-])C(F)(F)F. The van der Waals surface area contributed by atoms with E-state index in [4.69, 9.17) is 57.8 Å². The van der Waals surface area contributed by atoms with E-state index in [9.17, 15) is 18.0 Å². The zero-order valence-corrected chi connectivity index (χ0v) is 35.9. The molecule has 1 amide bonds. The molecule has 326 valence electrons. The van der Waals surface area contributed by atoms with E-state index in [-0.39, 0.29) is 5.91 Å². The molecule has 0 aromatic heterocycles. The van der Waals surface area contributed by atoms with Gasteiger partial charge in [0.05, 0.1) is 70.2 Å². The molecule has 0 bridgehead atoms. The quantitative estimate of drug-likeness (QED) is 0.0845. The van der Waals surface area contributed by atoms with Crippen LogP contribution >= 0.6 is 7.26 Å². The van der Waals surface area contributed by atoms with Gasteiger partial charge in [-0.3, -0.25) is 4.79 Å². The number of carboxylic acid groups (broad SMARTS) is 1. The topological polar surface area (TPSA) is 176 Å². The molecule has 0 aliphatic rings. The summed E-state index contributed by atoms with van der Waals surface area (Å²) in [6.45, 7) is 0.374. The van der Waals surface area contributed by atoms with Crippen molar-refractivity contribution in [3.8, 4) is 69.7 Å². The van der Waals surface area contributed by atoms with Crippen LogP contribution in [-0.4, -0.2) is 94.7 Å². The van der Waals surface area contributed by atoms with Crippen LogP contribution in [-0.2, 0) is 4.79 Å². The highest BCUT2D eigenvalue weighted by molar-refractivity contribution is 7.96. The number of hydrogen-bond acceptors (Lipinski definition) is 13. The molecule has 0 fully saturated rings. The van der Waals surface area contributed by atoms with Crippen LogP contribution < -0.4 is 69.0 Å². The van der Waals surface area contributed by atoms with Crippen LogP contribution in [0, 0.1) is 23.2 Å². The van der Waals surface area contributed by atoms with Gasteiger partial charge in [-0.1, -0.05) is 5.92 Å². The van der Waals surface area contributed by atoms with Crippen molar-refractivity contribution < 1.29 is 70.5 Å². The second-order valence-corrected chi connectivity index (χ2v) is 15.8. The Morgan fingerprint density at radius 2 is 0.967 bits per heavy atom. The number of nitrogens with one attached hydrogen (secondary N) is 1. The highest BCUT2D eigenvalue weighted by atomic mass is 31.2. The summed E-state index contributed by atoms with van der Waals surface area (Å²) in [5.74, 6) is 6.41. The van der Waals surface area contributed by atoms with Crippen LogP contribution in [0.1, 0.15) is 28.8 Å². The van der Waals surface area contributed by atoms with Crippen LogP contribution in [0.15, 0.2) is 60.7 Å². The Labute approximate surface area is 352 Å². The molecule has 4 aromatic carbocycles. The standard InChI is InChI=1S/C41H45N2O10P.C2HF3O2/c1-45-29-21-32(48-4)38(33(22-29)49-5)54(39-34(50-6)23-30(46-2)24-35(39)51-7,40-36(52-8)25-31(47-3)26-37(40)53-9)20-11-10-19-43-41(44)28-16-14-27(15-17-28)13-12-18-42;3-2(4,5)1(6)7/h14-17,21-26H,10-11,19-20H2,1-9H3;(H,6,7). The number of aliphatic carboxylic acids is 1. The monoisotopic (exact) mass is 870 g/mol. The van der Waals surface area contributed by atoms with Crippen molar-refractivity contribution in [1.29, 1.82) is 5.26 Å². The van der Waals surface area contributed by atoms with E-state index in [2.05, 4.69) is 17.2 Å². The van der Waals surface area contributed by atoms with Gasteiger partial charge in [-0.2, -0.15) is 18.4 Å². The fraction of sp³-hybridized carbons (Fsp3) is 0.326. The number of rotatable bonds is 18. The molecular formula is C43H46F3N2O12P. The first-order chi connectivity index (χ1) is 29.2. The van der Waals surface area contributed by atoms with Crippen LogP contribution in [0.2, 0.25) is 0 Å². The summed E-state index contributed by atoms with van der Waals surface area (Å²) in [5, 5.41) is 22.7. The molecule has 0 radical (unpaired) electrons. The summed E-state index contributed by atoms with van der Waals surface area (Å²) in [4.78, 5) is 21.9. The van der Waals surface area contributed by atoms with Crippen molar-refractivity contribution in [1.82, 2.24) is 5.32 Å². The van der Waals surface area contributed by atoms with E-state index in [0.717, 1.165) is 15.9 Å². The first kappa shape index (κ1) is 48.7. The summed E-state index contributed by atoms with van der Waals surface area (Å²) < 4.78 is 85.6. The van der Waals surface area contributed by atoms with Crippen LogP contribution in [0.5, 0.6) is 51.7 Å². The number of unbranched alkanes of at least 4 members (excludes halogenated alkanes) is 1. The van der Waals surface area contributed by atoms with Gasteiger partial charge in [-0.15, -0.1) is 0 Å². The van der Waals surface area contributed by atoms with E-state index < -0.39 is 19.4 Å². The number of nitrogens with zero attached hydrogens (tertiary/aromatic N) is 1. The molecular weight excluding hydrogens is 824 g/mol. The maximum absolute atomic E-state index is 13.1. The number of ether oxygens (including phenoxy) is 9. The molecule has 0 unspecified atom stereocenters. The van der Waals surface area contributed by atoms with Crippen molar-refractivity contribution in [2.24, 2.45) is 0 Å². The lowest BCUT2D eigenvalue weighted by molar-refractivity contribution is -0.344. The summed E-state index contributed by atoms with van der Waals surface area (Å²) in [7, 11) is 11.1. The van der Waals surface area contributed by atoms with Crippen molar-refractivity contribution in [2.45, 2.75) is 19.0 Å². The van der Waals surface area contributed by atoms with Gasteiger partial charge < -0.3 is 57.8 Å². The Morgan fingerprint density at radius 1 is 0.623 bits per heavy atom. The fourth-order valence-electron chi connectivity index (χ4n) is 6.34. The molecule has 0 saturated carbocycles. The minimum absolute atomic E-state index is 0.230. The Kier molecular flexibility index (Phi) is 18.0. The maximum atomic E-state index is 13.1. The second kappa shape index (κ2) is 22.6. The van der Waals surface area contributed by atoms with E-state index in [0.29, 0.717) is 88.4 Å². The lowest BCUT2D eigenvalue weighted by Crippen LogP contribution is -2.38. The maximum Gasteiger partial charge on any atom is 0.430 e. The highest BCUT2D eigenvalue weighted by Gasteiger charge is 2.57. The number of nitriles is 1. The minimum atomic E-state index is -5.19. The van der Waals surface area contributed by atoms with E-state index in [1.54, 1.807) is 94.3 Å². The third-order valence-electron chi connectivity index (χ3n) is 9.06. The number of hydrogen-bond donors (Lipinski definition) is 1. The van der Waals surface area contributed by atoms with Gasteiger partial charge >= 0.3 is 6.18 Å². The van der Waals surface area contributed by atoms with E-state index in [1.807, 2.05) is 36.4 Å². The molecule has 0 heterocycles. The molecule has 61 heavy (non-hydrogen) atoms. The summed E-state index contributed by atoms with van der Waals surface area (Å²) in [5.41, 5.74) is 1.12. The smallest absolute Gasteiger partial charge is 0.430 e. The Hall–Kier alpha value is -6.71. The number of amides is 1. The molecule has 1 N–H and O–H groups in total. The van der Waals surface area contributed by atoms with Crippen molar-refractivity contribution in [3.63, 3.8) is 0 Å². The number of carboxylic acids is 1. The molecule has 14 nitrogen and oxygen atoms in total. The average Bonchev–Trinajstić information content (AvgIpc) is 3.28. The number of carbonyl (C=O) groups is 2. The number of methoxy groups -OCH3 is 9. The van der Waals surface area contributed by atoms with Crippen molar-refractivity contribution in [2.75, 3.05) is 76.7 Å². The molecule has 0 atom stereocenters. The predicted octanol–water partition coefficient (Wildman–Crippen LogP) is 4.44. The number of benzene rings is 4. The first-order valence-electron chi connectivity index (χ1n) is 18.0. The van der Waals surface area contributed by atoms with E-state index in [1.165, 1.54) is 0 Å². The zero-order chi connectivity index (χ0) is 45.3. The number of alkyl halides is 3. The molecule has 0 aliphatic carbocycles. The van der Waals surface area contributed by atoms with Gasteiger partial charge in [0.1, 0.15) is 30.5 Å². The van der Waals surface area contributed by atoms with Gasteiger partial charge in [0.25, 0.3) is 5.91 Å². The molecule has 18 heteroatoms. The summed E-state index contributed by atoms with van der Waals surface area (Å²) in [6, 6.07) is 19.5. The van der Waals surface area contributed by atoms with Gasteiger partial charge in [0.15, 0.2) is 56.5 Å². The van der Waals surface area contributed by atoms with Gasteiger partial charge in [0.2, 0.25) is 0 Å². The molecule has 4 rings (SSSR count). The largest absolute Gasteiger partial charge is 0.542 e. The summed E-state index contributed by atoms with van der Waals surface area (Å²) >= 11 is 0. The second-order valence-electron chi connectivity index (χ2n) is 12.4. The number of halogens is 3. The third kappa shape index (κ3) is 11.5. The molecule has 0 spiro atoms. The van der Waals surface area contributed by atoms with Crippen molar-refractivity contribution in [3.05, 3.63) is 71.8 Å².